The quantitative estimate of drug-likeness (QED) is 0.526. The second kappa shape index (κ2) is 7.04. The van der Waals surface area contributed by atoms with E-state index in [-0.39, 0.29) is 5.91 Å². The summed E-state index contributed by atoms with van der Waals surface area (Å²) in [5.74, 6) is 1.42. The van der Waals surface area contributed by atoms with Crippen LogP contribution in [0.3, 0.4) is 0 Å². The highest BCUT2D eigenvalue weighted by Crippen LogP contribution is 2.21. The molecule has 0 fully saturated rings. The number of hydrogen-bond donors (Lipinski definition) is 1. The minimum absolute atomic E-state index is 0.174. The number of H-pyrrole nitrogens is 1. The molecule has 4 aromatic rings. The average Bonchev–Trinajstić information content (AvgIpc) is 3.40. The van der Waals surface area contributed by atoms with E-state index in [1.54, 1.807) is 30.3 Å². The predicted molar refractivity (Wildman–Crippen MR) is 95.6 cm³/mol. The Morgan fingerprint density at radius 3 is 3.08 bits per heavy atom. The summed E-state index contributed by atoms with van der Waals surface area (Å²) in [6.45, 7) is 0.437. The lowest BCUT2D eigenvalue weighted by Gasteiger charge is -2.15. The van der Waals surface area contributed by atoms with Gasteiger partial charge in [0.2, 0.25) is 0 Å². The van der Waals surface area contributed by atoms with Gasteiger partial charge in [-0.3, -0.25) is 9.89 Å². The summed E-state index contributed by atoms with van der Waals surface area (Å²) in [7, 11) is 1.75. The number of carbonyl (C=O) groups is 1. The monoisotopic (exact) mass is 368 g/mol. The Balaban J connectivity index is 1.42. The number of imidazole rings is 1. The first-order chi connectivity index (χ1) is 12.7. The van der Waals surface area contributed by atoms with Crippen molar-refractivity contribution >= 4 is 23.3 Å². The zero-order valence-electron chi connectivity index (χ0n) is 14.0. The first-order valence-corrected chi connectivity index (χ1v) is 8.92. The Morgan fingerprint density at radius 1 is 1.31 bits per heavy atom. The maximum absolute atomic E-state index is 12.6. The molecule has 0 spiro atoms. The number of nitrogens with one attached hydrogen (secondary N) is 1. The van der Waals surface area contributed by atoms with Gasteiger partial charge in [0, 0.05) is 13.2 Å². The predicted octanol–water partition coefficient (Wildman–Crippen LogP) is 2.61. The molecule has 9 heteroatoms. The second-order valence-electron chi connectivity index (χ2n) is 5.68. The van der Waals surface area contributed by atoms with Gasteiger partial charge in [-0.2, -0.15) is 5.10 Å². The summed E-state index contributed by atoms with van der Waals surface area (Å²) in [5.41, 5.74) is 1.79. The molecule has 0 saturated carbocycles. The van der Waals surface area contributed by atoms with Crippen LogP contribution in [0.25, 0.3) is 5.65 Å². The van der Waals surface area contributed by atoms with Crippen LogP contribution < -0.4 is 0 Å². The molecule has 0 radical (unpaired) electrons. The number of fused-ring (bicyclic) bond motifs is 1. The molecule has 0 bridgehead atoms. The normalized spacial score (nSPS) is 11.1. The van der Waals surface area contributed by atoms with E-state index in [1.807, 2.05) is 28.8 Å². The van der Waals surface area contributed by atoms with Crippen molar-refractivity contribution in [3.63, 3.8) is 0 Å². The summed E-state index contributed by atoms with van der Waals surface area (Å²) >= 11 is 1.46. The molecule has 0 aliphatic carbocycles. The maximum atomic E-state index is 12.6. The highest BCUT2D eigenvalue weighted by molar-refractivity contribution is 7.98. The fraction of sp³-hybridized carbons (Fsp3) is 0.176. The molecule has 0 aliphatic heterocycles. The Labute approximate surface area is 153 Å². The van der Waals surface area contributed by atoms with Crippen LogP contribution in [0.1, 0.15) is 22.0 Å². The average molecular weight is 368 g/mol. The van der Waals surface area contributed by atoms with Gasteiger partial charge in [-0.25, -0.2) is 9.97 Å². The van der Waals surface area contributed by atoms with Crippen LogP contribution in [0.2, 0.25) is 0 Å². The molecule has 4 rings (SSSR count). The van der Waals surface area contributed by atoms with Gasteiger partial charge in [-0.1, -0.05) is 17.8 Å². The topological polar surface area (TPSA) is 92.3 Å². The van der Waals surface area contributed by atoms with Crippen LogP contribution in [-0.2, 0) is 12.3 Å². The van der Waals surface area contributed by atoms with Crippen LogP contribution in [0.15, 0.2) is 58.6 Å². The molecule has 26 heavy (non-hydrogen) atoms. The van der Waals surface area contributed by atoms with Crippen molar-refractivity contribution in [1.29, 1.82) is 0 Å². The number of furan rings is 1. The van der Waals surface area contributed by atoms with E-state index in [0.29, 0.717) is 29.0 Å². The summed E-state index contributed by atoms with van der Waals surface area (Å²) in [4.78, 5) is 22.6. The van der Waals surface area contributed by atoms with Gasteiger partial charge in [0.15, 0.2) is 10.9 Å². The van der Waals surface area contributed by atoms with Crippen molar-refractivity contribution in [1.82, 2.24) is 29.5 Å². The maximum Gasteiger partial charge on any atom is 0.289 e. The highest BCUT2D eigenvalue weighted by Gasteiger charge is 2.18. The number of pyridine rings is 1. The van der Waals surface area contributed by atoms with Gasteiger partial charge in [-0.05, 0) is 24.3 Å². The number of thioether (sulfide) groups is 1. The Kier molecular flexibility index (Phi) is 4.44. The summed E-state index contributed by atoms with van der Waals surface area (Å²) in [5, 5.41) is 7.27. The molecule has 1 N–H and O–H groups in total. The summed E-state index contributed by atoms with van der Waals surface area (Å²) < 4.78 is 7.64. The number of aromatic amines is 1. The van der Waals surface area contributed by atoms with Crippen LogP contribution in [0, 0.1) is 0 Å². The molecule has 0 aliphatic rings. The lowest BCUT2D eigenvalue weighted by Crippen LogP contribution is -2.26. The summed E-state index contributed by atoms with van der Waals surface area (Å²) in [6, 6.07) is 9.30. The third-order valence-corrected chi connectivity index (χ3v) is 4.75. The lowest BCUT2D eigenvalue weighted by atomic mass is 10.3. The molecule has 1 amide bonds. The number of aromatic nitrogens is 5. The van der Waals surface area contributed by atoms with Gasteiger partial charge in [0.1, 0.15) is 17.7 Å². The number of hydrogen-bond acceptors (Lipinski definition) is 6. The largest absolute Gasteiger partial charge is 0.455 e. The van der Waals surface area contributed by atoms with Crippen LogP contribution in [0.4, 0.5) is 0 Å². The first kappa shape index (κ1) is 16.4. The highest BCUT2D eigenvalue weighted by atomic mass is 32.2. The van der Waals surface area contributed by atoms with Crippen LogP contribution in [0.5, 0.6) is 0 Å². The number of carbonyl (C=O) groups excluding carboxylic acids is 1. The smallest absolute Gasteiger partial charge is 0.289 e. The Bertz CT molecular complexity index is 1020. The van der Waals surface area contributed by atoms with Crippen molar-refractivity contribution in [3.8, 4) is 0 Å². The van der Waals surface area contributed by atoms with Crippen molar-refractivity contribution < 1.29 is 9.21 Å². The molecule has 4 heterocycles. The number of amides is 1. The van der Waals surface area contributed by atoms with Crippen molar-refractivity contribution in [2.24, 2.45) is 0 Å². The van der Waals surface area contributed by atoms with E-state index in [9.17, 15) is 4.79 Å². The number of rotatable bonds is 6. The van der Waals surface area contributed by atoms with Gasteiger partial charge < -0.3 is 13.7 Å². The number of nitrogens with zero attached hydrogens (tertiary/aromatic N) is 5. The lowest BCUT2D eigenvalue weighted by molar-refractivity contribution is 0.0750. The zero-order chi connectivity index (χ0) is 17.9. The molecule has 4 aromatic heterocycles. The molecule has 0 aromatic carbocycles. The molecule has 0 atom stereocenters. The Hall–Kier alpha value is -3.07. The SMILES string of the molecule is CN(Cc1cnc2ccccn12)C(=O)c1ccc(CSc2ncn[nH]2)o1. The van der Waals surface area contributed by atoms with E-state index in [2.05, 4.69) is 20.2 Å². The molecular formula is C17H16N6O2S. The van der Waals surface area contributed by atoms with Crippen molar-refractivity contribution in [2.75, 3.05) is 7.05 Å². The van der Waals surface area contributed by atoms with E-state index < -0.39 is 0 Å². The zero-order valence-corrected chi connectivity index (χ0v) is 14.8. The fourth-order valence-electron chi connectivity index (χ4n) is 2.58. The second-order valence-corrected chi connectivity index (χ2v) is 6.65. The standard InChI is InChI=1S/C17H16N6O2S/c1-22(9-12-8-18-15-4-2-3-7-23(12)15)16(24)14-6-5-13(25-14)10-26-17-19-11-20-21-17/h2-8,11H,9-10H2,1H3,(H,19,20,21). The Morgan fingerprint density at radius 2 is 2.23 bits per heavy atom. The van der Waals surface area contributed by atoms with Gasteiger partial charge >= 0.3 is 0 Å². The van der Waals surface area contributed by atoms with Gasteiger partial charge in [0.25, 0.3) is 5.91 Å². The molecule has 8 nitrogen and oxygen atoms in total. The van der Waals surface area contributed by atoms with Crippen molar-refractivity contribution in [2.45, 2.75) is 17.5 Å². The van der Waals surface area contributed by atoms with E-state index in [0.717, 1.165) is 11.3 Å². The van der Waals surface area contributed by atoms with Crippen LogP contribution in [-0.4, -0.2) is 42.4 Å². The van der Waals surface area contributed by atoms with Gasteiger partial charge in [-0.15, -0.1) is 0 Å². The third kappa shape index (κ3) is 3.33. The van der Waals surface area contributed by atoms with Crippen LogP contribution >= 0.6 is 11.8 Å². The summed E-state index contributed by atoms with van der Waals surface area (Å²) in [6.07, 6.45) is 5.16. The van der Waals surface area contributed by atoms with E-state index >= 15 is 0 Å². The first-order valence-electron chi connectivity index (χ1n) is 7.94. The third-order valence-electron chi connectivity index (χ3n) is 3.86. The van der Waals surface area contributed by atoms with E-state index in [1.165, 1.54) is 18.1 Å². The van der Waals surface area contributed by atoms with E-state index in [4.69, 9.17) is 4.42 Å². The van der Waals surface area contributed by atoms with Crippen molar-refractivity contribution in [3.05, 3.63) is 66.3 Å². The van der Waals surface area contributed by atoms with Gasteiger partial charge in [0.05, 0.1) is 24.2 Å². The molecular weight excluding hydrogens is 352 g/mol. The minimum atomic E-state index is -0.174. The minimum Gasteiger partial charge on any atom is -0.455 e. The fourth-order valence-corrected chi connectivity index (χ4v) is 3.25. The molecule has 132 valence electrons. The molecule has 0 saturated heterocycles. The molecule has 0 unspecified atom stereocenters.